The fraction of sp³-hybridized carbons (Fsp3) is 0.286. The molecule has 2 aromatic heterocycles. The van der Waals surface area contributed by atoms with Crippen LogP contribution in [0.3, 0.4) is 0 Å². The minimum absolute atomic E-state index is 0.0113. The van der Waals surface area contributed by atoms with Crippen molar-refractivity contribution in [3.05, 3.63) is 155 Å². The van der Waals surface area contributed by atoms with Crippen LogP contribution in [0.1, 0.15) is 90.1 Å². The average Bonchev–Trinajstić information content (AvgIpc) is 3.67. The number of benzene rings is 5. The number of hydrogen-bond acceptors (Lipinski definition) is 3. The van der Waals surface area contributed by atoms with Crippen LogP contribution < -0.4 is 9.80 Å². The smallest absolute Gasteiger partial charge is 0.137 e. The lowest BCUT2D eigenvalue weighted by Gasteiger charge is -2.30. The Kier molecular flexibility index (Phi) is 8.29. The first-order chi connectivity index (χ1) is 25.2. The zero-order valence-corrected chi connectivity index (χ0v) is 32.8. The van der Waals surface area contributed by atoms with Crippen LogP contribution >= 0.6 is 0 Å². The molecule has 1 aliphatic rings. The molecule has 0 saturated heterocycles. The molecule has 5 aromatic carbocycles. The zero-order valence-electron chi connectivity index (χ0n) is 32.8. The van der Waals surface area contributed by atoms with Gasteiger partial charge in [0.2, 0.25) is 0 Å². The summed E-state index contributed by atoms with van der Waals surface area (Å²) in [7, 11) is 0. The lowest BCUT2D eigenvalue weighted by Crippen LogP contribution is -2.27. The van der Waals surface area contributed by atoms with Crippen molar-refractivity contribution in [2.24, 2.45) is 0 Å². The second-order valence-corrected chi connectivity index (χ2v) is 17.9. The molecule has 4 nitrogen and oxygen atoms in total. The molecule has 0 fully saturated rings. The van der Waals surface area contributed by atoms with Crippen molar-refractivity contribution in [1.29, 1.82) is 0 Å². The van der Waals surface area contributed by atoms with Crippen molar-refractivity contribution in [3.8, 4) is 5.82 Å². The lowest BCUT2D eigenvalue weighted by atomic mass is 9.85. The van der Waals surface area contributed by atoms with Crippen molar-refractivity contribution in [1.82, 2.24) is 9.55 Å². The Balaban J connectivity index is 1.22. The largest absolute Gasteiger partial charge is 0.321 e. The Morgan fingerprint density at radius 3 is 1.87 bits per heavy atom. The summed E-state index contributed by atoms with van der Waals surface area (Å²) in [5, 5.41) is 2.50. The Morgan fingerprint density at radius 2 is 1.15 bits per heavy atom. The van der Waals surface area contributed by atoms with Crippen LogP contribution in [-0.2, 0) is 22.7 Å². The Bertz CT molecular complexity index is 2480. The molecule has 0 radical (unpaired) electrons. The molecule has 0 unspecified atom stereocenters. The maximum Gasteiger partial charge on any atom is 0.137 e. The molecule has 0 saturated carbocycles. The predicted octanol–water partition coefficient (Wildman–Crippen LogP) is 12.9. The van der Waals surface area contributed by atoms with Gasteiger partial charge in [-0.1, -0.05) is 129 Å². The third-order valence-corrected chi connectivity index (χ3v) is 10.9. The van der Waals surface area contributed by atoms with Crippen LogP contribution in [0.4, 0.5) is 22.7 Å². The maximum absolute atomic E-state index is 4.92. The summed E-state index contributed by atoms with van der Waals surface area (Å²) < 4.78 is 2.35. The van der Waals surface area contributed by atoms with Crippen LogP contribution in [0.25, 0.3) is 27.6 Å². The third-order valence-electron chi connectivity index (χ3n) is 10.9. The third kappa shape index (κ3) is 6.39. The average molecular weight is 697 g/mol. The molecule has 0 spiro atoms. The maximum atomic E-state index is 4.92. The lowest BCUT2D eigenvalue weighted by molar-refractivity contribution is 0.588. The minimum Gasteiger partial charge on any atom is -0.321 e. The number of fused-ring (bicyclic) bond motifs is 4. The second kappa shape index (κ2) is 12.7. The number of nitrogens with zero attached hydrogens (tertiary/aromatic N) is 4. The summed E-state index contributed by atoms with van der Waals surface area (Å²) in [5.41, 5.74) is 14.0. The fourth-order valence-corrected chi connectivity index (χ4v) is 7.97. The molecule has 0 aliphatic carbocycles. The summed E-state index contributed by atoms with van der Waals surface area (Å²) in [6, 6.07) is 45.2. The highest BCUT2D eigenvalue weighted by Crippen LogP contribution is 2.47. The first kappa shape index (κ1) is 34.7. The van der Waals surface area contributed by atoms with E-state index in [9.17, 15) is 0 Å². The molecule has 1 aliphatic heterocycles. The summed E-state index contributed by atoms with van der Waals surface area (Å²) >= 11 is 0. The van der Waals surface area contributed by atoms with Gasteiger partial charge in [-0.15, -0.1) is 0 Å². The second-order valence-electron chi connectivity index (χ2n) is 17.9. The number of hydrogen-bond donors (Lipinski definition) is 0. The van der Waals surface area contributed by atoms with Crippen molar-refractivity contribution < 1.29 is 0 Å². The molecular weight excluding hydrogens is 645 g/mol. The Morgan fingerprint density at radius 1 is 0.509 bits per heavy atom. The van der Waals surface area contributed by atoms with Crippen LogP contribution in [0.5, 0.6) is 0 Å². The fourth-order valence-electron chi connectivity index (χ4n) is 7.97. The first-order valence-electron chi connectivity index (χ1n) is 19.0. The molecule has 4 heteroatoms. The van der Waals surface area contributed by atoms with Crippen LogP contribution in [0.15, 0.2) is 128 Å². The van der Waals surface area contributed by atoms with Gasteiger partial charge in [0.15, 0.2) is 0 Å². The van der Waals surface area contributed by atoms with E-state index in [1.54, 1.807) is 0 Å². The monoisotopic (exact) mass is 696 g/mol. The van der Waals surface area contributed by atoms with Gasteiger partial charge in [-0.05, 0) is 105 Å². The first-order valence-corrected chi connectivity index (χ1v) is 19.0. The molecule has 0 atom stereocenters. The van der Waals surface area contributed by atoms with Gasteiger partial charge in [-0.2, -0.15) is 0 Å². The standard InChI is InChI=1S/C49H52N4/c1-47(2,3)35-24-25-50-46(31-35)53-41-18-12-10-16-38(41)39-23-22-33(29-45(39)53)26-34-27-36(48(4,5)6)30-37(28-34)51-32-52(44-21-15-14-20-43(44)51)42-19-13-11-17-40(42)49(7,8)9/h10-25,27-31H,26,32H2,1-9H3. The highest BCUT2D eigenvalue weighted by atomic mass is 15.4. The summed E-state index contributed by atoms with van der Waals surface area (Å²) in [5.74, 6) is 0.961. The summed E-state index contributed by atoms with van der Waals surface area (Å²) in [6.45, 7) is 21.4. The number of pyridine rings is 1. The van der Waals surface area contributed by atoms with Gasteiger partial charge in [-0.25, -0.2) is 4.98 Å². The molecule has 268 valence electrons. The molecule has 0 bridgehead atoms. The van der Waals surface area contributed by atoms with Gasteiger partial charge in [0.1, 0.15) is 12.5 Å². The topological polar surface area (TPSA) is 24.3 Å². The number of anilines is 4. The van der Waals surface area contributed by atoms with E-state index in [1.807, 2.05) is 6.20 Å². The van der Waals surface area contributed by atoms with Crippen molar-refractivity contribution in [3.63, 3.8) is 0 Å². The van der Waals surface area contributed by atoms with Gasteiger partial charge in [0, 0.05) is 28.3 Å². The van der Waals surface area contributed by atoms with Crippen molar-refractivity contribution in [2.75, 3.05) is 16.5 Å². The molecule has 8 rings (SSSR count). The highest BCUT2D eigenvalue weighted by Gasteiger charge is 2.32. The number of rotatable bonds is 5. The SMILES string of the molecule is CC(C)(C)c1cc(Cc2ccc3c4ccccc4n(-c4cc(C(C)(C)C)ccn4)c3c2)cc(N2CN(c3ccccc3C(C)(C)C)c3ccccc32)c1. The molecule has 3 heterocycles. The molecule has 0 amide bonds. The van der Waals surface area contributed by atoms with Gasteiger partial charge >= 0.3 is 0 Å². The van der Waals surface area contributed by atoms with E-state index in [-0.39, 0.29) is 16.2 Å². The predicted molar refractivity (Wildman–Crippen MR) is 226 cm³/mol. The normalized spacial score (nSPS) is 13.7. The van der Waals surface area contributed by atoms with E-state index in [0.29, 0.717) is 0 Å². The van der Waals surface area contributed by atoms with E-state index in [4.69, 9.17) is 4.98 Å². The van der Waals surface area contributed by atoms with E-state index in [0.717, 1.165) is 18.9 Å². The van der Waals surface area contributed by atoms with Crippen LogP contribution in [-0.4, -0.2) is 16.2 Å². The van der Waals surface area contributed by atoms with E-state index < -0.39 is 0 Å². The van der Waals surface area contributed by atoms with E-state index >= 15 is 0 Å². The molecular formula is C49H52N4. The Labute approximate surface area is 315 Å². The summed E-state index contributed by atoms with van der Waals surface area (Å²) in [4.78, 5) is 9.92. The van der Waals surface area contributed by atoms with E-state index in [1.165, 1.54) is 72.4 Å². The number of para-hydroxylation sites is 4. The van der Waals surface area contributed by atoms with E-state index in [2.05, 4.69) is 198 Å². The zero-order chi connectivity index (χ0) is 37.3. The minimum atomic E-state index is -0.0113. The quantitative estimate of drug-likeness (QED) is 0.179. The van der Waals surface area contributed by atoms with Crippen LogP contribution in [0, 0.1) is 0 Å². The van der Waals surface area contributed by atoms with Gasteiger partial charge in [0.25, 0.3) is 0 Å². The highest BCUT2D eigenvalue weighted by molar-refractivity contribution is 6.09. The van der Waals surface area contributed by atoms with Crippen molar-refractivity contribution in [2.45, 2.75) is 85.0 Å². The summed E-state index contributed by atoms with van der Waals surface area (Å²) in [6.07, 6.45) is 2.79. The molecule has 7 aromatic rings. The van der Waals surface area contributed by atoms with Crippen LogP contribution in [0.2, 0.25) is 0 Å². The van der Waals surface area contributed by atoms with Crippen molar-refractivity contribution >= 4 is 44.6 Å². The number of aromatic nitrogens is 2. The molecule has 53 heavy (non-hydrogen) atoms. The Hall–Kier alpha value is -5.35. The molecule has 0 N–H and O–H groups in total. The van der Waals surface area contributed by atoms with Gasteiger partial charge < -0.3 is 9.80 Å². The van der Waals surface area contributed by atoms with Gasteiger partial charge in [0.05, 0.1) is 22.4 Å². The van der Waals surface area contributed by atoms with Gasteiger partial charge in [-0.3, -0.25) is 4.57 Å².